The van der Waals surface area contributed by atoms with E-state index in [0.717, 1.165) is 46.6 Å². The largest absolute Gasteiger partial charge is 0.493 e. The maximum atomic E-state index is 13.8. The minimum absolute atomic E-state index is 0.0702. The number of ether oxygens (including phenoxy) is 2. The normalized spacial score (nSPS) is 17.0. The molecular weight excluding hydrogens is 476 g/mol. The fourth-order valence-corrected chi connectivity index (χ4v) is 5.24. The molecule has 0 aromatic heterocycles. The van der Waals surface area contributed by atoms with E-state index in [-0.39, 0.29) is 11.7 Å². The zero-order valence-electron chi connectivity index (χ0n) is 22.0. The fraction of sp³-hybridized carbons (Fsp3) is 0.250. The molecule has 6 nitrogen and oxygen atoms in total. The molecule has 0 bridgehead atoms. The maximum absolute atomic E-state index is 13.8. The summed E-state index contributed by atoms with van der Waals surface area (Å²) in [4.78, 5) is 27.0. The van der Waals surface area contributed by atoms with E-state index in [1.165, 1.54) is 0 Å². The Kier molecular flexibility index (Phi) is 7.31. The Morgan fingerprint density at radius 2 is 1.74 bits per heavy atom. The Morgan fingerprint density at radius 3 is 2.50 bits per heavy atom. The minimum Gasteiger partial charge on any atom is -0.493 e. The molecular formula is C32H32N2O4. The Balaban J connectivity index is 1.53. The van der Waals surface area contributed by atoms with Crippen molar-refractivity contribution in [2.24, 2.45) is 0 Å². The highest BCUT2D eigenvalue weighted by Gasteiger charge is 2.38. The van der Waals surface area contributed by atoms with Crippen LogP contribution < -0.4 is 20.1 Å². The van der Waals surface area contributed by atoms with Crippen LogP contribution in [0.25, 0.3) is 0 Å². The van der Waals surface area contributed by atoms with Gasteiger partial charge in [0.15, 0.2) is 17.3 Å². The third kappa shape index (κ3) is 5.07. The van der Waals surface area contributed by atoms with Gasteiger partial charge < -0.3 is 20.1 Å². The first-order valence-corrected chi connectivity index (χ1v) is 12.9. The number of carbonyl (C=O) groups excluding carboxylic acids is 2. The quantitative estimate of drug-likeness (QED) is 0.398. The first-order valence-electron chi connectivity index (χ1n) is 12.9. The number of nitrogens with one attached hydrogen (secondary N) is 2. The third-order valence-corrected chi connectivity index (χ3v) is 7.17. The second-order valence-corrected chi connectivity index (χ2v) is 9.72. The number of anilines is 1. The summed E-state index contributed by atoms with van der Waals surface area (Å²) < 4.78 is 11.8. The van der Waals surface area contributed by atoms with Crippen LogP contribution in [0.3, 0.4) is 0 Å². The van der Waals surface area contributed by atoms with Gasteiger partial charge in [0.2, 0.25) is 0 Å². The summed E-state index contributed by atoms with van der Waals surface area (Å²) in [6.45, 7) is 4.26. The number of carbonyl (C=O) groups is 2. The van der Waals surface area contributed by atoms with E-state index in [0.29, 0.717) is 35.7 Å². The molecule has 1 atom stereocenters. The lowest BCUT2D eigenvalue weighted by molar-refractivity contribution is -0.116. The monoisotopic (exact) mass is 508 g/mol. The standard InChI is InChI=1S/C32H32N2O4/c1-20-10-7-8-13-24(20)34-32(36)29-21(2)33-25-14-9-15-26(35)31(25)30(29)23-16-17-27(28(18-23)37-3)38-19-22-11-5-4-6-12-22/h4-8,10-13,16-18,30,33H,9,14-15,19H2,1-3H3,(H,34,36)/t30-/m0/s1. The number of para-hydroxylation sites is 1. The van der Waals surface area contributed by atoms with Crippen molar-refractivity contribution in [3.05, 3.63) is 112 Å². The van der Waals surface area contributed by atoms with Crippen molar-refractivity contribution in [1.82, 2.24) is 5.32 Å². The van der Waals surface area contributed by atoms with Crippen molar-refractivity contribution in [2.75, 3.05) is 12.4 Å². The average molecular weight is 509 g/mol. The average Bonchev–Trinajstić information content (AvgIpc) is 2.93. The van der Waals surface area contributed by atoms with E-state index in [4.69, 9.17) is 9.47 Å². The SMILES string of the molecule is COc1cc([C@H]2C(C(=O)Nc3ccccc3C)=C(C)NC3=C2C(=O)CCC3)ccc1OCc1ccccc1. The van der Waals surface area contributed by atoms with Crippen LogP contribution in [0.5, 0.6) is 11.5 Å². The van der Waals surface area contributed by atoms with Gasteiger partial charge in [0.25, 0.3) is 5.91 Å². The van der Waals surface area contributed by atoms with E-state index in [1.54, 1.807) is 7.11 Å². The van der Waals surface area contributed by atoms with Crippen molar-refractivity contribution < 1.29 is 19.1 Å². The summed E-state index contributed by atoms with van der Waals surface area (Å²) in [5.74, 6) is 0.479. The number of amides is 1. The Labute approximate surface area is 223 Å². The second kappa shape index (κ2) is 11.0. The van der Waals surface area contributed by atoms with Gasteiger partial charge in [-0.15, -0.1) is 0 Å². The van der Waals surface area contributed by atoms with Gasteiger partial charge in [-0.25, -0.2) is 0 Å². The highest BCUT2D eigenvalue weighted by atomic mass is 16.5. The molecule has 1 heterocycles. The molecule has 3 aromatic carbocycles. The number of aryl methyl sites for hydroxylation is 1. The van der Waals surface area contributed by atoms with Gasteiger partial charge in [-0.3, -0.25) is 9.59 Å². The number of benzene rings is 3. The molecule has 0 fully saturated rings. The summed E-state index contributed by atoms with van der Waals surface area (Å²) in [6, 6.07) is 23.3. The smallest absolute Gasteiger partial charge is 0.254 e. The summed E-state index contributed by atoms with van der Waals surface area (Å²) in [5.41, 5.74) is 6.42. The molecule has 2 aliphatic rings. The lowest BCUT2D eigenvalue weighted by Gasteiger charge is -2.34. The van der Waals surface area contributed by atoms with Gasteiger partial charge in [-0.1, -0.05) is 54.6 Å². The number of ketones is 1. The number of hydrogen-bond donors (Lipinski definition) is 2. The molecule has 0 radical (unpaired) electrons. The van der Waals surface area contributed by atoms with E-state index in [2.05, 4.69) is 10.6 Å². The van der Waals surface area contributed by atoms with Crippen LogP contribution in [0, 0.1) is 6.92 Å². The lowest BCUT2D eigenvalue weighted by atomic mass is 9.75. The number of dihydropyridines is 1. The molecule has 6 heteroatoms. The molecule has 2 N–H and O–H groups in total. The van der Waals surface area contributed by atoms with Crippen molar-refractivity contribution in [3.63, 3.8) is 0 Å². The number of hydrogen-bond acceptors (Lipinski definition) is 5. The number of rotatable bonds is 7. The molecule has 38 heavy (non-hydrogen) atoms. The zero-order valence-corrected chi connectivity index (χ0v) is 22.0. The molecule has 0 unspecified atom stereocenters. The Hall–Kier alpha value is -4.32. The van der Waals surface area contributed by atoms with Gasteiger partial charge in [-0.2, -0.15) is 0 Å². The fourth-order valence-electron chi connectivity index (χ4n) is 5.24. The molecule has 3 aromatic rings. The topological polar surface area (TPSA) is 76.7 Å². The van der Waals surface area contributed by atoms with Crippen LogP contribution in [-0.2, 0) is 16.2 Å². The van der Waals surface area contributed by atoms with E-state index in [9.17, 15) is 9.59 Å². The summed E-state index contributed by atoms with van der Waals surface area (Å²) in [5, 5.41) is 6.45. The molecule has 5 rings (SSSR count). The van der Waals surface area contributed by atoms with Gasteiger partial charge in [-0.05, 0) is 61.6 Å². The molecule has 1 amide bonds. The first-order chi connectivity index (χ1) is 18.5. The Bertz CT molecular complexity index is 1440. The predicted octanol–water partition coefficient (Wildman–Crippen LogP) is 6.19. The van der Waals surface area contributed by atoms with Crippen molar-refractivity contribution in [2.45, 2.75) is 45.6 Å². The lowest BCUT2D eigenvalue weighted by Crippen LogP contribution is -2.35. The van der Waals surface area contributed by atoms with Crippen molar-refractivity contribution in [1.29, 1.82) is 0 Å². The highest BCUT2D eigenvalue weighted by molar-refractivity contribution is 6.10. The van der Waals surface area contributed by atoms with Crippen LogP contribution in [0.2, 0.25) is 0 Å². The van der Waals surface area contributed by atoms with Crippen LogP contribution in [-0.4, -0.2) is 18.8 Å². The molecule has 0 spiro atoms. The second-order valence-electron chi connectivity index (χ2n) is 9.72. The van der Waals surface area contributed by atoms with Gasteiger partial charge in [0, 0.05) is 40.6 Å². The van der Waals surface area contributed by atoms with Crippen molar-refractivity contribution in [3.8, 4) is 11.5 Å². The predicted molar refractivity (Wildman–Crippen MR) is 148 cm³/mol. The van der Waals surface area contributed by atoms with Gasteiger partial charge in [0.05, 0.1) is 7.11 Å². The number of allylic oxidation sites excluding steroid dienone is 3. The molecule has 194 valence electrons. The Morgan fingerprint density at radius 1 is 0.974 bits per heavy atom. The summed E-state index contributed by atoms with van der Waals surface area (Å²) >= 11 is 0. The third-order valence-electron chi connectivity index (χ3n) is 7.17. The zero-order chi connectivity index (χ0) is 26.6. The van der Waals surface area contributed by atoms with Crippen LogP contribution in [0.15, 0.2) is 95.3 Å². The van der Waals surface area contributed by atoms with Crippen LogP contribution >= 0.6 is 0 Å². The van der Waals surface area contributed by atoms with Gasteiger partial charge in [0.1, 0.15) is 6.61 Å². The summed E-state index contributed by atoms with van der Waals surface area (Å²) in [7, 11) is 1.60. The molecule has 1 aliphatic heterocycles. The van der Waals surface area contributed by atoms with E-state index in [1.807, 2.05) is 86.6 Å². The number of Topliss-reactive ketones (excluding diaryl/α,β-unsaturated/α-hetero) is 1. The number of methoxy groups -OCH3 is 1. The minimum atomic E-state index is -0.514. The van der Waals surface area contributed by atoms with Crippen LogP contribution in [0.1, 0.15) is 48.8 Å². The van der Waals surface area contributed by atoms with Gasteiger partial charge >= 0.3 is 0 Å². The highest BCUT2D eigenvalue weighted by Crippen LogP contribution is 2.44. The maximum Gasteiger partial charge on any atom is 0.254 e. The van der Waals surface area contributed by atoms with E-state index < -0.39 is 5.92 Å². The van der Waals surface area contributed by atoms with Crippen molar-refractivity contribution >= 4 is 17.4 Å². The molecule has 1 aliphatic carbocycles. The molecule has 0 saturated heterocycles. The summed E-state index contributed by atoms with van der Waals surface area (Å²) in [6.07, 6.45) is 2.04. The van der Waals surface area contributed by atoms with E-state index >= 15 is 0 Å². The first kappa shape index (κ1) is 25.3. The molecule has 0 saturated carbocycles. The van der Waals surface area contributed by atoms with Crippen LogP contribution in [0.4, 0.5) is 5.69 Å².